The quantitative estimate of drug-likeness (QED) is 0.754. The zero-order valence-corrected chi connectivity index (χ0v) is 11.0. The first-order valence-electron chi connectivity index (χ1n) is 3.56. The predicted octanol–water partition coefficient (Wildman–Crippen LogP) is 0.952. The summed E-state index contributed by atoms with van der Waals surface area (Å²) in [6.07, 6.45) is -0.775. The summed E-state index contributed by atoms with van der Waals surface area (Å²) in [6, 6.07) is 0. The van der Waals surface area contributed by atoms with Gasteiger partial charge in [-0.25, -0.2) is 4.79 Å². The van der Waals surface area contributed by atoms with Crippen LogP contribution in [0.1, 0.15) is 13.8 Å². The van der Waals surface area contributed by atoms with Crippen LogP contribution in [0.4, 0.5) is 4.79 Å². The van der Waals surface area contributed by atoms with Crippen LogP contribution in [0, 0.1) is 0 Å². The Morgan fingerprint density at radius 1 is 1.29 bits per heavy atom. The van der Waals surface area contributed by atoms with E-state index in [1.165, 1.54) is 0 Å². The lowest BCUT2D eigenvalue weighted by Crippen LogP contribution is -2.11. The summed E-state index contributed by atoms with van der Waals surface area (Å²) < 4.78 is 13.5. The molecule has 90 valence electrons. The molecule has 2 N–H and O–H groups in total. The summed E-state index contributed by atoms with van der Waals surface area (Å²) in [4.78, 5) is 9.60. The molecule has 0 bridgehead atoms. The Morgan fingerprint density at radius 3 is 1.64 bits per heavy atom. The Kier molecular flexibility index (Phi) is 31.4. The second kappa shape index (κ2) is 18.6. The Balaban J connectivity index is -0.0000000625. The molecule has 0 aromatic rings. The van der Waals surface area contributed by atoms with E-state index in [2.05, 4.69) is 19.9 Å². The first-order valence-corrected chi connectivity index (χ1v) is 3.56. The average Bonchev–Trinajstić information content (AvgIpc) is 2.04. The van der Waals surface area contributed by atoms with E-state index in [0.717, 1.165) is 0 Å². The Bertz CT molecular complexity index is 112. The Morgan fingerprint density at radius 2 is 1.64 bits per heavy atom. The SMILES string of the molecule is CCOC(N)=O.COC(C)OC.S.S. The maximum absolute atomic E-state index is 9.60. The van der Waals surface area contributed by atoms with Crippen molar-refractivity contribution < 1.29 is 19.0 Å². The fourth-order valence-corrected chi connectivity index (χ4v) is 0.238. The fraction of sp³-hybridized carbons (Fsp3) is 0.857. The third-order valence-electron chi connectivity index (χ3n) is 0.950. The van der Waals surface area contributed by atoms with Crippen molar-refractivity contribution in [3.63, 3.8) is 0 Å². The van der Waals surface area contributed by atoms with Crippen molar-refractivity contribution in [1.29, 1.82) is 0 Å². The summed E-state index contributed by atoms with van der Waals surface area (Å²) in [5.74, 6) is 0. The number of hydrogen-bond acceptors (Lipinski definition) is 4. The number of primary amides is 1. The lowest BCUT2D eigenvalue weighted by molar-refractivity contribution is -0.0877. The third-order valence-corrected chi connectivity index (χ3v) is 0.950. The number of hydrogen-bond donors (Lipinski definition) is 1. The van der Waals surface area contributed by atoms with Gasteiger partial charge in [-0.3, -0.25) is 0 Å². The number of rotatable bonds is 3. The van der Waals surface area contributed by atoms with Gasteiger partial charge >= 0.3 is 6.09 Å². The van der Waals surface area contributed by atoms with Gasteiger partial charge < -0.3 is 19.9 Å². The maximum Gasteiger partial charge on any atom is 0.404 e. The normalized spacial score (nSPS) is 7.50. The molecule has 0 rings (SSSR count). The summed E-state index contributed by atoms with van der Waals surface area (Å²) >= 11 is 0. The number of nitrogens with two attached hydrogens (primary N) is 1. The van der Waals surface area contributed by atoms with Gasteiger partial charge in [-0.05, 0) is 13.8 Å². The van der Waals surface area contributed by atoms with Crippen molar-refractivity contribution in [3.05, 3.63) is 0 Å². The molecule has 14 heavy (non-hydrogen) atoms. The first-order chi connectivity index (χ1) is 5.58. The van der Waals surface area contributed by atoms with Crippen molar-refractivity contribution in [3.8, 4) is 0 Å². The second-order valence-corrected chi connectivity index (χ2v) is 1.79. The molecule has 0 aromatic heterocycles. The molecule has 1 amide bonds. The van der Waals surface area contributed by atoms with Gasteiger partial charge in [0.1, 0.15) is 0 Å². The summed E-state index contributed by atoms with van der Waals surface area (Å²) in [6.45, 7) is 3.89. The molecule has 0 radical (unpaired) electrons. The number of carbonyl (C=O) groups is 1. The molecule has 0 aliphatic rings. The second-order valence-electron chi connectivity index (χ2n) is 1.79. The molecule has 5 nitrogen and oxygen atoms in total. The predicted molar refractivity (Wildman–Crippen MR) is 65.5 cm³/mol. The van der Waals surface area contributed by atoms with Gasteiger partial charge in [0.05, 0.1) is 6.61 Å². The van der Waals surface area contributed by atoms with Crippen LogP contribution in [-0.2, 0) is 14.2 Å². The highest BCUT2D eigenvalue weighted by Crippen LogP contribution is 1.82. The number of methoxy groups -OCH3 is 2. The van der Waals surface area contributed by atoms with E-state index in [9.17, 15) is 4.79 Å². The molecular weight excluding hydrogens is 226 g/mol. The maximum atomic E-state index is 9.60. The fourth-order valence-electron chi connectivity index (χ4n) is 0.238. The average molecular weight is 247 g/mol. The van der Waals surface area contributed by atoms with Crippen LogP contribution >= 0.6 is 27.0 Å². The third kappa shape index (κ3) is 29.7. The van der Waals surface area contributed by atoms with Gasteiger partial charge in [0.2, 0.25) is 0 Å². The van der Waals surface area contributed by atoms with Gasteiger partial charge in [-0.2, -0.15) is 27.0 Å². The first kappa shape index (κ1) is 23.6. The molecule has 0 saturated heterocycles. The van der Waals surface area contributed by atoms with E-state index in [0.29, 0.717) is 6.61 Å². The monoisotopic (exact) mass is 247 g/mol. The van der Waals surface area contributed by atoms with Crippen LogP contribution < -0.4 is 5.73 Å². The molecule has 7 heteroatoms. The highest BCUT2D eigenvalue weighted by molar-refractivity contribution is 7.59. The minimum atomic E-state index is -0.711. The Hall–Kier alpha value is -0.110. The van der Waals surface area contributed by atoms with Crippen LogP contribution in [0.5, 0.6) is 0 Å². The number of amides is 1. The van der Waals surface area contributed by atoms with Gasteiger partial charge in [0.25, 0.3) is 0 Å². The van der Waals surface area contributed by atoms with E-state index in [1.807, 2.05) is 6.92 Å². The van der Waals surface area contributed by atoms with E-state index >= 15 is 0 Å². The van der Waals surface area contributed by atoms with E-state index in [1.54, 1.807) is 21.1 Å². The lowest BCUT2D eigenvalue weighted by Gasteiger charge is -2.03. The van der Waals surface area contributed by atoms with Gasteiger partial charge in [-0.15, -0.1) is 0 Å². The summed E-state index contributed by atoms with van der Waals surface area (Å²) in [5.41, 5.74) is 4.54. The van der Waals surface area contributed by atoms with Crippen molar-refractivity contribution in [2.24, 2.45) is 5.73 Å². The largest absolute Gasteiger partial charge is 0.450 e. The molecule has 0 spiro atoms. The molecule has 0 aromatic carbocycles. The summed E-state index contributed by atoms with van der Waals surface area (Å²) in [5, 5.41) is 0. The van der Waals surface area contributed by atoms with Crippen LogP contribution in [0.15, 0.2) is 0 Å². The zero-order chi connectivity index (χ0) is 9.98. The standard InChI is InChI=1S/C4H10O2.C3H7NO2.2H2S/c1-4(5-2)6-3;1-2-6-3(4)5;;/h4H,1-3H3;2H2,1H3,(H2,4,5);2*1H2. The van der Waals surface area contributed by atoms with E-state index in [4.69, 9.17) is 0 Å². The molecule has 0 fully saturated rings. The number of carbonyl (C=O) groups excluding carboxylic acids is 1. The minimum absolute atomic E-state index is 0. The lowest BCUT2D eigenvalue weighted by atomic mass is 10.8. The highest BCUT2D eigenvalue weighted by atomic mass is 32.1. The van der Waals surface area contributed by atoms with E-state index < -0.39 is 6.09 Å². The highest BCUT2D eigenvalue weighted by Gasteiger charge is 1.87. The smallest absolute Gasteiger partial charge is 0.404 e. The van der Waals surface area contributed by atoms with Crippen molar-refractivity contribution in [2.75, 3.05) is 20.8 Å². The molecule has 0 saturated carbocycles. The number of ether oxygens (including phenoxy) is 3. The van der Waals surface area contributed by atoms with Gasteiger partial charge in [0.15, 0.2) is 6.29 Å². The van der Waals surface area contributed by atoms with Gasteiger partial charge in [-0.1, -0.05) is 0 Å². The zero-order valence-electron chi connectivity index (χ0n) is 8.99. The molecule has 0 atom stereocenters. The minimum Gasteiger partial charge on any atom is -0.450 e. The topological polar surface area (TPSA) is 70.8 Å². The van der Waals surface area contributed by atoms with Crippen LogP contribution in [0.25, 0.3) is 0 Å². The van der Waals surface area contributed by atoms with Crippen molar-refractivity contribution in [1.82, 2.24) is 0 Å². The van der Waals surface area contributed by atoms with Crippen molar-refractivity contribution >= 4 is 33.1 Å². The molecule has 0 aliphatic carbocycles. The summed E-state index contributed by atoms with van der Waals surface area (Å²) in [7, 11) is 3.21. The van der Waals surface area contributed by atoms with Crippen molar-refractivity contribution in [2.45, 2.75) is 20.1 Å². The molecular formula is C7H21NO4S2. The molecule has 0 aliphatic heterocycles. The van der Waals surface area contributed by atoms with Crippen LogP contribution in [0.2, 0.25) is 0 Å². The molecule has 0 unspecified atom stereocenters. The Labute approximate surface area is 99.2 Å². The van der Waals surface area contributed by atoms with Crippen LogP contribution in [-0.4, -0.2) is 33.2 Å². The van der Waals surface area contributed by atoms with E-state index in [-0.39, 0.29) is 33.3 Å². The molecule has 0 heterocycles. The van der Waals surface area contributed by atoms with Gasteiger partial charge in [0, 0.05) is 14.2 Å². The van der Waals surface area contributed by atoms with Crippen LogP contribution in [0.3, 0.4) is 0 Å².